The van der Waals surface area contributed by atoms with Crippen LogP contribution < -0.4 is 4.90 Å². The van der Waals surface area contributed by atoms with Crippen LogP contribution in [-0.2, 0) is 25.8 Å². The third-order valence-corrected chi connectivity index (χ3v) is 6.98. The van der Waals surface area contributed by atoms with Crippen molar-refractivity contribution in [3.63, 3.8) is 0 Å². The van der Waals surface area contributed by atoms with E-state index < -0.39 is 15.8 Å². The Hall–Kier alpha value is -1.89. The fourth-order valence-corrected chi connectivity index (χ4v) is 5.36. The van der Waals surface area contributed by atoms with Crippen molar-refractivity contribution in [2.24, 2.45) is 5.92 Å². The van der Waals surface area contributed by atoms with Crippen LogP contribution in [0.4, 0.5) is 5.69 Å². The van der Waals surface area contributed by atoms with E-state index >= 15 is 0 Å². The van der Waals surface area contributed by atoms with Gasteiger partial charge in [-0.2, -0.15) is 0 Å². The minimum absolute atomic E-state index is 0.0259. The summed E-state index contributed by atoms with van der Waals surface area (Å²) in [5.74, 6) is -0.447. The maximum atomic E-state index is 12.7. The van der Waals surface area contributed by atoms with Crippen molar-refractivity contribution in [3.8, 4) is 0 Å². The van der Waals surface area contributed by atoms with E-state index in [4.69, 9.17) is 0 Å². The van der Waals surface area contributed by atoms with Crippen LogP contribution >= 0.6 is 0 Å². The average Bonchev–Trinajstić information content (AvgIpc) is 3.16. The van der Waals surface area contributed by atoms with Gasteiger partial charge in [0.2, 0.25) is 11.8 Å². The van der Waals surface area contributed by atoms with Crippen molar-refractivity contribution in [1.29, 1.82) is 0 Å². The van der Waals surface area contributed by atoms with E-state index in [0.29, 0.717) is 13.0 Å². The molecule has 7 heteroatoms. The monoisotopic (exact) mass is 364 g/mol. The van der Waals surface area contributed by atoms with Crippen LogP contribution in [0.25, 0.3) is 0 Å². The average molecular weight is 364 g/mol. The smallest absolute Gasteiger partial charge is 0.228 e. The zero-order valence-corrected chi connectivity index (χ0v) is 15.5. The maximum absolute atomic E-state index is 12.7. The molecule has 0 aromatic heterocycles. The van der Waals surface area contributed by atoms with E-state index in [9.17, 15) is 18.0 Å². The predicted molar refractivity (Wildman–Crippen MR) is 96.1 cm³/mol. The summed E-state index contributed by atoms with van der Waals surface area (Å²) < 4.78 is 23.3. The zero-order valence-electron chi connectivity index (χ0n) is 14.6. The van der Waals surface area contributed by atoms with Crippen molar-refractivity contribution in [1.82, 2.24) is 4.90 Å². The molecule has 2 saturated heterocycles. The summed E-state index contributed by atoms with van der Waals surface area (Å²) in [6.45, 7) is 2.43. The zero-order chi connectivity index (χ0) is 18.2. The minimum atomic E-state index is -3.04. The molecular weight excluding hydrogens is 340 g/mol. The molecule has 0 saturated carbocycles. The van der Waals surface area contributed by atoms with Crippen LogP contribution in [0.15, 0.2) is 24.3 Å². The first kappa shape index (κ1) is 17.9. The molecule has 0 spiro atoms. The fourth-order valence-electron chi connectivity index (χ4n) is 3.58. The number of aryl methyl sites for hydroxylation is 1. The molecule has 6 nitrogen and oxygen atoms in total. The summed E-state index contributed by atoms with van der Waals surface area (Å²) in [6, 6.07) is 7.54. The lowest BCUT2D eigenvalue weighted by atomic mass is 10.1. The van der Waals surface area contributed by atoms with Crippen LogP contribution in [0, 0.1) is 5.92 Å². The number of rotatable bonds is 4. The summed E-state index contributed by atoms with van der Waals surface area (Å²) in [5, 5.41) is 0. The van der Waals surface area contributed by atoms with Gasteiger partial charge in [-0.1, -0.05) is 19.1 Å². The van der Waals surface area contributed by atoms with Gasteiger partial charge in [0.15, 0.2) is 9.84 Å². The molecule has 3 rings (SSSR count). The van der Waals surface area contributed by atoms with Crippen LogP contribution in [0.5, 0.6) is 0 Å². The van der Waals surface area contributed by atoms with E-state index in [1.807, 2.05) is 24.3 Å². The Morgan fingerprint density at radius 3 is 2.52 bits per heavy atom. The molecule has 2 fully saturated rings. The van der Waals surface area contributed by atoms with E-state index in [0.717, 1.165) is 12.1 Å². The Morgan fingerprint density at radius 1 is 1.28 bits per heavy atom. The van der Waals surface area contributed by atoms with Gasteiger partial charge in [0, 0.05) is 31.7 Å². The van der Waals surface area contributed by atoms with Gasteiger partial charge in [-0.05, 0) is 30.5 Å². The molecule has 2 aliphatic heterocycles. The van der Waals surface area contributed by atoms with Crippen molar-refractivity contribution < 1.29 is 18.0 Å². The Kier molecular flexibility index (Phi) is 4.86. The number of nitrogens with zero attached hydrogens (tertiary/aromatic N) is 2. The molecular formula is C18H24N2O4S. The summed E-state index contributed by atoms with van der Waals surface area (Å²) in [5.41, 5.74) is 2.01. The first-order chi connectivity index (χ1) is 11.8. The van der Waals surface area contributed by atoms with Crippen LogP contribution in [0.3, 0.4) is 0 Å². The second kappa shape index (κ2) is 6.78. The van der Waals surface area contributed by atoms with Crippen molar-refractivity contribution in [3.05, 3.63) is 29.8 Å². The SMILES string of the molecule is CCc1ccc(N2CC(C(=O)N(C)C3CCS(=O)(=O)C3)CC2=O)cc1. The number of benzene rings is 1. The molecule has 2 atom stereocenters. The number of sulfone groups is 1. The molecule has 0 aliphatic carbocycles. The molecule has 136 valence electrons. The van der Waals surface area contributed by atoms with Crippen LogP contribution in [0.1, 0.15) is 25.3 Å². The molecule has 1 aromatic carbocycles. The summed E-state index contributed by atoms with van der Waals surface area (Å²) in [4.78, 5) is 28.3. The second-order valence-electron chi connectivity index (χ2n) is 6.93. The van der Waals surface area contributed by atoms with E-state index in [1.165, 1.54) is 10.5 Å². The Morgan fingerprint density at radius 2 is 1.96 bits per heavy atom. The number of amides is 2. The summed E-state index contributed by atoms with van der Waals surface area (Å²) in [7, 11) is -1.39. The summed E-state index contributed by atoms with van der Waals surface area (Å²) >= 11 is 0. The number of carbonyl (C=O) groups excluding carboxylic acids is 2. The molecule has 2 heterocycles. The van der Waals surface area contributed by atoms with Crippen molar-refractivity contribution >= 4 is 27.3 Å². The Bertz CT molecular complexity index is 773. The van der Waals surface area contributed by atoms with Gasteiger partial charge in [-0.25, -0.2) is 8.42 Å². The number of hydrogen-bond donors (Lipinski definition) is 0. The lowest BCUT2D eigenvalue weighted by Crippen LogP contribution is -2.42. The molecule has 1 aromatic rings. The highest BCUT2D eigenvalue weighted by atomic mass is 32.2. The van der Waals surface area contributed by atoms with Crippen molar-refractivity contribution in [2.75, 3.05) is 30.0 Å². The summed E-state index contributed by atoms with van der Waals surface area (Å²) in [6.07, 6.45) is 1.59. The number of carbonyl (C=O) groups is 2. The molecule has 2 unspecified atom stereocenters. The lowest BCUT2D eigenvalue weighted by Gasteiger charge is -2.26. The highest BCUT2D eigenvalue weighted by Gasteiger charge is 2.40. The molecule has 0 N–H and O–H groups in total. The first-order valence-electron chi connectivity index (χ1n) is 8.67. The van der Waals surface area contributed by atoms with Crippen molar-refractivity contribution in [2.45, 2.75) is 32.2 Å². The van der Waals surface area contributed by atoms with E-state index in [-0.39, 0.29) is 35.8 Å². The topological polar surface area (TPSA) is 74.8 Å². The Balaban J connectivity index is 1.68. The largest absolute Gasteiger partial charge is 0.341 e. The van der Waals surface area contributed by atoms with E-state index in [1.54, 1.807) is 11.9 Å². The molecule has 0 radical (unpaired) electrons. The number of anilines is 1. The quantitative estimate of drug-likeness (QED) is 0.806. The van der Waals surface area contributed by atoms with Gasteiger partial charge in [0.25, 0.3) is 0 Å². The van der Waals surface area contributed by atoms with Gasteiger partial charge in [-0.15, -0.1) is 0 Å². The molecule has 2 aliphatic rings. The first-order valence-corrected chi connectivity index (χ1v) is 10.5. The fraction of sp³-hybridized carbons (Fsp3) is 0.556. The molecule has 0 bridgehead atoms. The highest BCUT2D eigenvalue weighted by Crippen LogP contribution is 2.28. The standard InChI is InChI=1S/C18H24N2O4S/c1-3-13-4-6-15(7-5-13)20-11-14(10-17(20)21)18(22)19(2)16-8-9-25(23,24)12-16/h4-7,14,16H,3,8-12H2,1-2H3. The van der Waals surface area contributed by atoms with E-state index in [2.05, 4.69) is 6.92 Å². The lowest BCUT2D eigenvalue weighted by molar-refractivity contribution is -0.136. The van der Waals surface area contributed by atoms with Gasteiger partial charge in [-0.3, -0.25) is 9.59 Å². The van der Waals surface area contributed by atoms with Crippen LogP contribution in [0.2, 0.25) is 0 Å². The maximum Gasteiger partial charge on any atom is 0.228 e. The van der Waals surface area contributed by atoms with Crippen LogP contribution in [-0.4, -0.2) is 56.3 Å². The third-order valence-electron chi connectivity index (χ3n) is 5.23. The minimum Gasteiger partial charge on any atom is -0.341 e. The third kappa shape index (κ3) is 3.71. The van der Waals surface area contributed by atoms with Gasteiger partial charge in [0.1, 0.15) is 0 Å². The predicted octanol–water partition coefficient (Wildman–Crippen LogP) is 1.25. The van der Waals surface area contributed by atoms with Gasteiger partial charge >= 0.3 is 0 Å². The number of hydrogen-bond acceptors (Lipinski definition) is 4. The van der Waals surface area contributed by atoms with Gasteiger partial charge < -0.3 is 9.80 Å². The highest BCUT2D eigenvalue weighted by molar-refractivity contribution is 7.91. The normalized spacial score (nSPS) is 25.4. The second-order valence-corrected chi connectivity index (χ2v) is 9.16. The molecule has 25 heavy (non-hydrogen) atoms. The van der Waals surface area contributed by atoms with Gasteiger partial charge in [0.05, 0.1) is 17.4 Å². The Labute approximate surface area is 148 Å². The molecule has 2 amide bonds.